The number of nitrogens with zero attached hydrogens (tertiary/aromatic N) is 20. The van der Waals surface area contributed by atoms with Crippen LogP contribution in [0.15, 0.2) is 225 Å². The van der Waals surface area contributed by atoms with Gasteiger partial charge in [-0.2, -0.15) is 20.4 Å². The van der Waals surface area contributed by atoms with Crippen LogP contribution < -0.4 is 47.3 Å². The number of carbonyl (C=O) groups is 12. The van der Waals surface area contributed by atoms with E-state index in [4.69, 9.17) is 34.5 Å². The summed E-state index contributed by atoms with van der Waals surface area (Å²) < 4.78 is 7.15. The average molecular weight is 1980 g/mol. The van der Waals surface area contributed by atoms with Crippen molar-refractivity contribution in [1.29, 1.82) is 0 Å². The smallest absolute Gasteiger partial charge is 0.312 e. The molecule has 4 aliphatic rings. The highest BCUT2D eigenvalue weighted by Crippen LogP contribution is 2.42. The van der Waals surface area contributed by atoms with Crippen LogP contribution in [-0.2, 0) is 111 Å². The molecular formula is C106H124ClN24O13+. The molecule has 0 spiro atoms. The number of imide groups is 4. The van der Waals surface area contributed by atoms with Crippen LogP contribution in [0.25, 0.3) is 0 Å². The maximum absolute atomic E-state index is 13.7. The van der Waals surface area contributed by atoms with Crippen LogP contribution in [0.3, 0.4) is 0 Å². The largest absolute Gasteiger partial charge is 0.384 e. The molecule has 9 N–H and O–H groups in total. The number of carbonyl (C=O) groups excluding carboxylic acids is 12. The Balaban J connectivity index is 0.000000161. The van der Waals surface area contributed by atoms with Gasteiger partial charge in [0, 0.05) is 149 Å². The van der Waals surface area contributed by atoms with E-state index in [-0.39, 0.29) is 139 Å². The van der Waals surface area contributed by atoms with Crippen LogP contribution in [0, 0.1) is 37.5 Å². The molecule has 8 aromatic heterocycles. The van der Waals surface area contributed by atoms with Gasteiger partial charge in [-0.1, -0.05) is 142 Å². The average Bonchev–Trinajstić information content (AvgIpc) is 1.52. The number of halogens is 1. The summed E-state index contributed by atoms with van der Waals surface area (Å²) in [5.41, 5.74) is 31.7. The highest BCUT2D eigenvalue weighted by atomic mass is 35.5. The second-order valence-electron chi connectivity index (χ2n) is 36.8. The third-order valence-electron chi connectivity index (χ3n) is 27.4. The molecule has 144 heavy (non-hydrogen) atoms. The number of anilines is 8. The molecule has 12 aromatic rings. The number of rotatable bonds is 32. The van der Waals surface area contributed by atoms with Gasteiger partial charge < -0.3 is 22.4 Å². The summed E-state index contributed by atoms with van der Waals surface area (Å²) in [5.74, 6) is -4.05. The standard InChI is InChI=1S/C27H32N6O4.C27H32N6O3.C26H29ClN6O3.C26H30N6O3/c1-5-19(20-9-7-6-8-10-20)16-24(34)32-25(27(36)30(3)23-11-12-29-31(23)4)21(26(32)35)14-18-13-17(2)33(37)22(28)15-18;1-5-19(20-9-7-6-8-10-20)16-24(34)33-25(27(36)31(3)23-11-12-29-32(23)4)21(26(33)35)14-18-13-17(2)30-22(28)15-18;1-4-17(18-6-5-7-19(27)14-18)15-23(34)33-24(26(36)32(3)22-9-11-31(2)30-22)20(25(33)35)12-16-8-10-29-21(28)13-16;1-4-18(19-8-6-5-7-9-19)16-23(33)32-24(26(35)30(2)22-11-13-29-31(22)3)20(25(32)34)14-17-10-12-28-21(27)15-17/h6-13,15,19,21,25,28,37H,5,14,16H2,1-4H3;6-13,15,19,21,25H,5,14,16H2,1-4H3,(H2,28,30);5-11,13-14,17,20,24H,4,12,15H2,1-3H3,(H2,28,29);5-13,15,18,20,24H,4,14,16H2,1-3H3,(H2,27,28)/p+1/t2*19-,21+,25-;17-,20-,24+;18-,20+,24-/m0010/s1. The summed E-state index contributed by atoms with van der Waals surface area (Å²) in [5, 5.41) is 27.2. The zero-order chi connectivity index (χ0) is 104. The Kier molecular flexibility index (Phi) is 34.1. The van der Waals surface area contributed by atoms with Gasteiger partial charge in [-0.3, -0.25) is 121 Å². The number of likely N-dealkylation sites (tertiary alicyclic amines) is 4. The van der Waals surface area contributed by atoms with E-state index in [9.17, 15) is 62.7 Å². The quantitative estimate of drug-likeness (QED) is 0.0148. The lowest BCUT2D eigenvalue weighted by atomic mass is 9.80. The molecule has 4 fully saturated rings. The first-order valence-corrected chi connectivity index (χ1v) is 48.2. The van der Waals surface area contributed by atoms with Crippen molar-refractivity contribution in [3.8, 4) is 0 Å². The summed E-state index contributed by atoms with van der Waals surface area (Å²) in [4.78, 5) is 184. The summed E-state index contributed by atoms with van der Waals surface area (Å²) in [6.07, 6.45) is 14.1. The first kappa shape index (κ1) is 105. The van der Waals surface area contributed by atoms with Crippen molar-refractivity contribution in [3.63, 3.8) is 0 Å². The molecule has 16 rings (SSSR count). The summed E-state index contributed by atoms with van der Waals surface area (Å²) in [6, 6.07) is 53.4. The van der Waals surface area contributed by atoms with Gasteiger partial charge in [0.2, 0.25) is 47.3 Å². The molecule has 0 radical (unpaired) electrons. The molecule has 12 heterocycles. The van der Waals surface area contributed by atoms with E-state index in [1.807, 2.05) is 150 Å². The van der Waals surface area contributed by atoms with Gasteiger partial charge in [-0.15, -0.1) is 0 Å². The number of amides is 12. The molecule has 4 saturated heterocycles. The number of benzene rings is 4. The second-order valence-corrected chi connectivity index (χ2v) is 37.2. The zero-order valence-corrected chi connectivity index (χ0v) is 84.0. The lowest BCUT2D eigenvalue weighted by Crippen LogP contribution is -2.69. The maximum atomic E-state index is 13.7. The molecule has 12 amide bonds. The molecule has 752 valence electrons. The fraction of sp³-hybridized carbons (Fsp3) is 0.358. The van der Waals surface area contributed by atoms with Gasteiger partial charge in [-0.25, -0.2) is 15.0 Å². The molecule has 0 aliphatic carbocycles. The second kappa shape index (κ2) is 46.6. The van der Waals surface area contributed by atoms with E-state index in [0.29, 0.717) is 76.3 Å². The Morgan fingerprint density at radius 2 is 0.715 bits per heavy atom. The van der Waals surface area contributed by atoms with Gasteiger partial charge in [0.05, 0.1) is 42.3 Å². The van der Waals surface area contributed by atoms with Crippen LogP contribution >= 0.6 is 11.6 Å². The Morgan fingerprint density at radius 3 is 1.02 bits per heavy atom. The zero-order valence-electron chi connectivity index (χ0n) is 83.3. The fourth-order valence-corrected chi connectivity index (χ4v) is 19.6. The summed E-state index contributed by atoms with van der Waals surface area (Å²) in [7, 11) is 13.4. The molecule has 12 atom stereocenters. The number of hydrogen-bond acceptors (Lipinski definition) is 24. The highest BCUT2D eigenvalue weighted by molar-refractivity contribution is 6.30. The van der Waals surface area contributed by atoms with Crippen molar-refractivity contribution in [2.24, 2.45) is 51.9 Å². The predicted molar refractivity (Wildman–Crippen MR) is 543 cm³/mol. The van der Waals surface area contributed by atoms with Crippen molar-refractivity contribution < 1.29 is 67.5 Å². The number of aromatic nitrogens is 12. The lowest BCUT2D eigenvalue weighted by molar-refractivity contribution is -0.897. The first-order chi connectivity index (χ1) is 68.8. The van der Waals surface area contributed by atoms with E-state index in [1.165, 1.54) is 19.6 Å². The Labute approximate surface area is 840 Å². The molecule has 0 bridgehead atoms. The Hall–Kier alpha value is -16.0. The van der Waals surface area contributed by atoms with Crippen LogP contribution in [-0.4, -0.2) is 202 Å². The van der Waals surface area contributed by atoms with Gasteiger partial charge in [0.25, 0.3) is 23.6 Å². The SMILES string of the molecule is CC[C@@H](CC(=O)N1C(=O)[C@H](Cc2cc(C)[n+](O)c(N)c2)[C@H]1C(=O)N(C)c1ccnn1C)c1ccccc1.CC[C@@H](CC(=O)N1C(=O)[C@H](Cc2cc(C)nc(N)c2)[C@H]1C(=O)N(C)c1ccnn1C)c1ccccc1.CC[C@@H](CC(=O)N1C(=O)[C@H](Cc2ccnc(N)c2)[C@H]1C(=O)N(C)c1ccnn1C)c1ccccc1.CC[C@H](CC(=O)N1C(=O)[C@H](Cc2ccnc(N)c2)[C@H]1C(=O)N(C)c1ccn(C)n1)c1cccc(Cl)c1. The fourth-order valence-electron chi connectivity index (χ4n) is 19.4. The van der Waals surface area contributed by atoms with Crippen molar-refractivity contribution in [2.45, 2.75) is 166 Å². The number of likely N-dealkylation sites (N-methyl/N-ethyl adjacent to an activating group) is 4. The van der Waals surface area contributed by atoms with Gasteiger partial charge >= 0.3 is 5.82 Å². The normalized spacial score (nSPS) is 18.0. The predicted octanol–water partition coefficient (Wildman–Crippen LogP) is 10.6. The molecule has 4 aromatic carbocycles. The van der Waals surface area contributed by atoms with Crippen molar-refractivity contribution in [3.05, 3.63) is 286 Å². The lowest BCUT2D eigenvalue weighted by Gasteiger charge is -2.46. The maximum Gasteiger partial charge on any atom is 0.312 e. The minimum Gasteiger partial charge on any atom is -0.384 e. The van der Waals surface area contributed by atoms with Crippen LogP contribution in [0.4, 0.5) is 46.5 Å². The number of aryl methyl sites for hydroxylation is 6. The van der Waals surface area contributed by atoms with Crippen LogP contribution in [0.2, 0.25) is 5.02 Å². The minimum atomic E-state index is -0.962. The van der Waals surface area contributed by atoms with E-state index >= 15 is 0 Å². The van der Waals surface area contributed by atoms with Crippen molar-refractivity contribution in [2.75, 3.05) is 70.7 Å². The number of β-lactam (4-membered cyclic amide) rings is 4. The van der Waals surface area contributed by atoms with Gasteiger partial charge in [0.1, 0.15) is 64.8 Å². The highest BCUT2D eigenvalue weighted by Gasteiger charge is 2.60. The number of pyridine rings is 4. The van der Waals surface area contributed by atoms with E-state index in [0.717, 1.165) is 88.2 Å². The molecule has 38 heteroatoms. The number of nitrogen functional groups attached to an aromatic ring is 4. The van der Waals surface area contributed by atoms with E-state index in [2.05, 4.69) is 35.3 Å². The Bertz CT molecular complexity index is 6650. The minimum absolute atomic E-state index is 0.0406. The third-order valence-corrected chi connectivity index (χ3v) is 27.6. The van der Waals surface area contributed by atoms with E-state index in [1.54, 1.807) is 192 Å². The molecule has 0 saturated carbocycles. The van der Waals surface area contributed by atoms with Crippen LogP contribution in [0.1, 0.15) is 159 Å². The number of hydrogen-bond donors (Lipinski definition) is 5. The van der Waals surface area contributed by atoms with Gasteiger partial charge in [-0.05, 0) is 186 Å². The number of nitrogens with two attached hydrogens (primary N) is 4. The van der Waals surface area contributed by atoms with E-state index < -0.39 is 47.8 Å². The van der Waals surface area contributed by atoms with Crippen molar-refractivity contribution >= 4 is 129 Å². The summed E-state index contributed by atoms with van der Waals surface area (Å²) >= 11 is 6.15. The monoisotopic (exact) mass is 1980 g/mol. The Morgan fingerprint density at radius 1 is 0.389 bits per heavy atom. The van der Waals surface area contributed by atoms with Crippen molar-refractivity contribution in [1.82, 2.24) is 73.7 Å². The molecule has 0 unspecified atom stereocenters. The topological polar surface area (TPSA) is 469 Å². The first-order valence-electron chi connectivity index (χ1n) is 47.9. The molecule has 37 nitrogen and oxygen atoms in total. The molecule has 4 aliphatic heterocycles. The molecular weight excluding hydrogens is 1850 g/mol. The third kappa shape index (κ3) is 23.6. The van der Waals surface area contributed by atoms with Gasteiger partial charge in [0.15, 0.2) is 5.82 Å². The summed E-state index contributed by atoms with van der Waals surface area (Å²) in [6.45, 7) is 11.5. The van der Waals surface area contributed by atoms with Crippen LogP contribution in [0.5, 0.6) is 0 Å².